The molecule has 0 saturated carbocycles. The molecule has 3 aromatic rings. The van der Waals surface area contributed by atoms with Gasteiger partial charge in [-0.1, -0.05) is 85.6 Å². The Labute approximate surface area is 223 Å². The van der Waals surface area contributed by atoms with Crippen LogP contribution < -0.4 is 10.1 Å². The van der Waals surface area contributed by atoms with E-state index in [1.54, 1.807) is 18.2 Å². The molecule has 0 aromatic heterocycles. The summed E-state index contributed by atoms with van der Waals surface area (Å²) in [5.74, 6) is 0.388. The van der Waals surface area contributed by atoms with Crippen molar-refractivity contribution in [3.63, 3.8) is 0 Å². The van der Waals surface area contributed by atoms with E-state index in [0.29, 0.717) is 40.2 Å². The van der Waals surface area contributed by atoms with Crippen molar-refractivity contribution in [3.05, 3.63) is 99.5 Å². The number of likely N-dealkylation sites (N-methyl/N-ethyl adjacent to an activating group) is 1. The Morgan fingerprint density at radius 2 is 1.56 bits per heavy atom. The molecule has 3 aromatic carbocycles. The smallest absolute Gasteiger partial charge is 0.261 e. The fraction of sp³-hybridized carbons (Fsp3) is 0.310. The number of hydrogen-bond donors (Lipinski definition) is 1. The first kappa shape index (κ1) is 27.6. The summed E-state index contributed by atoms with van der Waals surface area (Å²) in [6.07, 6.45) is 0.337. The normalized spacial score (nSPS) is 11.7. The van der Waals surface area contributed by atoms with Gasteiger partial charge in [-0.05, 0) is 48.2 Å². The molecule has 0 saturated heterocycles. The van der Waals surface area contributed by atoms with E-state index in [2.05, 4.69) is 19.2 Å². The lowest BCUT2D eigenvalue weighted by Gasteiger charge is -2.32. The van der Waals surface area contributed by atoms with Crippen LogP contribution in [-0.2, 0) is 22.6 Å². The maximum absolute atomic E-state index is 13.6. The second kappa shape index (κ2) is 13.3. The number of nitrogens with one attached hydrogen (secondary N) is 1. The number of nitrogens with zero attached hydrogens (tertiary/aromatic N) is 1. The molecule has 0 aliphatic heterocycles. The Bertz CT molecular complexity index is 1130. The van der Waals surface area contributed by atoms with Crippen molar-refractivity contribution in [1.29, 1.82) is 0 Å². The predicted octanol–water partition coefficient (Wildman–Crippen LogP) is 6.27. The summed E-state index contributed by atoms with van der Waals surface area (Å²) in [6.45, 7) is 6.36. The molecule has 1 atom stereocenters. The number of carbonyl (C=O) groups excluding carboxylic acids is 2. The minimum Gasteiger partial charge on any atom is -0.484 e. The van der Waals surface area contributed by atoms with E-state index in [4.69, 9.17) is 27.9 Å². The number of halogens is 2. The number of carbonyl (C=O) groups is 2. The minimum absolute atomic E-state index is 0.0711. The Balaban J connectivity index is 1.90. The van der Waals surface area contributed by atoms with Gasteiger partial charge >= 0.3 is 0 Å². The first-order valence-electron chi connectivity index (χ1n) is 12.1. The first-order chi connectivity index (χ1) is 17.3. The van der Waals surface area contributed by atoms with Crippen LogP contribution in [-0.4, -0.2) is 35.9 Å². The maximum atomic E-state index is 13.6. The molecular formula is C29H32Cl2N2O3. The lowest BCUT2D eigenvalue weighted by molar-refractivity contribution is -0.142. The average molecular weight is 527 g/mol. The van der Waals surface area contributed by atoms with Crippen LogP contribution in [0, 0.1) is 0 Å². The van der Waals surface area contributed by atoms with Gasteiger partial charge in [-0.3, -0.25) is 9.59 Å². The highest BCUT2D eigenvalue weighted by Gasteiger charge is 2.31. The largest absolute Gasteiger partial charge is 0.484 e. The lowest BCUT2D eigenvalue weighted by atomic mass is 10.0. The van der Waals surface area contributed by atoms with Gasteiger partial charge in [-0.25, -0.2) is 0 Å². The van der Waals surface area contributed by atoms with Gasteiger partial charge in [-0.2, -0.15) is 0 Å². The van der Waals surface area contributed by atoms with Gasteiger partial charge in [0.25, 0.3) is 5.91 Å². The topological polar surface area (TPSA) is 58.6 Å². The van der Waals surface area contributed by atoms with Crippen molar-refractivity contribution >= 4 is 35.0 Å². The Hall–Kier alpha value is -3.02. The van der Waals surface area contributed by atoms with Gasteiger partial charge in [0.1, 0.15) is 11.8 Å². The zero-order chi connectivity index (χ0) is 26.1. The third-order valence-corrected chi connectivity index (χ3v) is 6.63. The summed E-state index contributed by atoms with van der Waals surface area (Å²) in [5.41, 5.74) is 2.70. The molecular weight excluding hydrogens is 495 g/mol. The number of amides is 2. The van der Waals surface area contributed by atoms with E-state index >= 15 is 0 Å². The molecule has 0 fully saturated rings. The van der Waals surface area contributed by atoms with Crippen molar-refractivity contribution in [1.82, 2.24) is 10.2 Å². The van der Waals surface area contributed by atoms with Crippen molar-refractivity contribution in [3.8, 4) is 5.75 Å². The lowest BCUT2D eigenvalue weighted by Crippen LogP contribution is -2.51. The predicted molar refractivity (Wildman–Crippen MR) is 146 cm³/mol. The molecule has 0 aliphatic rings. The van der Waals surface area contributed by atoms with Gasteiger partial charge in [0.2, 0.25) is 5.91 Å². The van der Waals surface area contributed by atoms with Gasteiger partial charge < -0.3 is 15.0 Å². The first-order valence-corrected chi connectivity index (χ1v) is 12.8. The van der Waals surface area contributed by atoms with Crippen LogP contribution in [0.3, 0.4) is 0 Å². The summed E-state index contributed by atoms with van der Waals surface area (Å²) in [6, 6.07) is 21.7. The molecule has 0 aliphatic carbocycles. The molecule has 0 bridgehead atoms. The fourth-order valence-corrected chi connectivity index (χ4v) is 4.39. The third-order valence-electron chi connectivity index (χ3n) is 5.92. The molecule has 0 heterocycles. The zero-order valence-electron chi connectivity index (χ0n) is 20.8. The van der Waals surface area contributed by atoms with E-state index in [0.717, 1.165) is 5.56 Å². The highest BCUT2D eigenvalue weighted by atomic mass is 35.5. The molecule has 0 spiro atoms. The molecule has 5 nitrogen and oxygen atoms in total. The van der Waals surface area contributed by atoms with Crippen LogP contribution in [0.1, 0.15) is 43.4 Å². The summed E-state index contributed by atoms with van der Waals surface area (Å²) in [4.78, 5) is 28.3. The van der Waals surface area contributed by atoms with Gasteiger partial charge in [-0.15, -0.1) is 0 Å². The van der Waals surface area contributed by atoms with Gasteiger partial charge in [0.05, 0.1) is 0 Å². The molecule has 1 unspecified atom stereocenters. The molecule has 3 rings (SSSR count). The summed E-state index contributed by atoms with van der Waals surface area (Å²) in [5, 5.41) is 3.73. The maximum Gasteiger partial charge on any atom is 0.261 e. The van der Waals surface area contributed by atoms with E-state index in [9.17, 15) is 9.59 Å². The zero-order valence-corrected chi connectivity index (χ0v) is 22.4. The Morgan fingerprint density at radius 3 is 2.14 bits per heavy atom. The minimum atomic E-state index is -0.779. The molecule has 36 heavy (non-hydrogen) atoms. The number of rotatable bonds is 11. The SMILES string of the molecule is CCNC(=O)C(Cc1ccccc1)N(Cc1c(Cl)cccc1Cl)C(=O)COc1ccc(C(C)C)cc1. The quantitative estimate of drug-likeness (QED) is 0.320. The second-order valence-corrected chi connectivity index (χ2v) is 9.65. The monoisotopic (exact) mass is 526 g/mol. The summed E-state index contributed by atoms with van der Waals surface area (Å²) >= 11 is 12.9. The standard InChI is InChI=1S/C29H32Cl2N2O3/c1-4-32-29(35)27(17-21-9-6-5-7-10-21)33(18-24-25(30)11-8-12-26(24)31)28(34)19-36-23-15-13-22(14-16-23)20(2)3/h5-16,20,27H,4,17-19H2,1-3H3,(H,32,35). The van der Waals surface area contributed by atoms with E-state index in [-0.39, 0.29) is 25.0 Å². The number of benzene rings is 3. The molecule has 0 radical (unpaired) electrons. The summed E-state index contributed by atoms with van der Waals surface area (Å²) in [7, 11) is 0. The highest BCUT2D eigenvalue weighted by Crippen LogP contribution is 2.27. The van der Waals surface area contributed by atoms with E-state index in [1.807, 2.05) is 61.5 Å². The van der Waals surface area contributed by atoms with Crippen molar-refractivity contribution in [2.75, 3.05) is 13.2 Å². The molecule has 1 N–H and O–H groups in total. The molecule has 190 valence electrons. The number of ether oxygens (including phenoxy) is 1. The number of hydrogen-bond acceptors (Lipinski definition) is 3. The Kier molecular flexibility index (Phi) is 10.2. The van der Waals surface area contributed by atoms with E-state index in [1.165, 1.54) is 10.5 Å². The van der Waals surface area contributed by atoms with Crippen molar-refractivity contribution in [2.24, 2.45) is 0 Å². The highest BCUT2D eigenvalue weighted by molar-refractivity contribution is 6.36. The molecule has 2 amide bonds. The fourth-order valence-electron chi connectivity index (χ4n) is 3.88. The second-order valence-electron chi connectivity index (χ2n) is 8.83. The van der Waals surface area contributed by atoms with E-state index < -0.39 is 6.04 Å². The van der Waals surface area contributed by atoms with Gasteiger partial charge in [0, 0.05) is 35.1 Å². The van der Waals surface area contributed by atoms with Crippen LogP contribution in [0.15, 0.2) is 72.8 Å². The van der Waals surface area contributed by atoms with Crippen LogP contribution in [0.25, 0.3) is 0 Å². The van der Waals surface area contributed by atoms with Crippen molar-refractivity contribution < 1.29 is 14.3 Å². The third kappa shape index (κ3) is 7.49. The summed E-state index contributed by atoms with van der Waals surface area (Å²) < 4.78 is 5.83. The Morgan fingerprint density at radius 1 is 0.917 bits per heavy atom. The molecule has 7 heteroatoms. The van der Waals surface area contributed by atoms with Gasteiger partial charge in [0.15, 0.2) is 6.61 Å². The van der Waals surface area contributed by atoms with Crippen LogP contribution in [0.2, 0.25) is 10.0 Å². The van der Waals surface area contributed by atoms with Crippen LogP contribution in [0.4, 0.5) is 0 Å². The average Bonchev–Trinajstić information content (AvgIpc) is 2.87. The van der Waals surface area contributed by atoms with Crippen LogP contribution in [0.5, 0.6) is 5.75 Å². The van der Waals surface area contributed by atoms with Crippen LogP contribution >= 0.6 is 23.2 Å². The van der Waals surface area contributed by atoms with Crippen molar-refractivity contribution in [2.45, 2.75) is 45.7 Å².